The second-order valence-electron chi connectivity index (χ2n) is 3.10. The fraction of sp³-hybridized carbons (Fsp3) is 0.800. The molecule has 0 rings (SSSR count). The molecular formula is C10H19NO2. The van der Waals surface area contributed by atoms with Crippen molar-refractivity contribution < 1.29 is 9.90 Å². The summed E-state index contributed by atoms with van der Waals surface area (Å²) in [4.78, 5) is 14.1. The highest BCUT2D eigenvalue weighted by Gasteiger charge is 1.90. The average molecular weight is 185 g/mol. The van der Waals surface area contributed by atoms with E-state index in [0.717, 1.165) is 13.0 Å². The number of unbranched alkanes of at least 4 members (excludes halogenated alkanes) is 4. The lowest BCUT2D eigenvalue weighted by Gasteiger charge is -1.95. The second-order valence-corrected chi connectivity index (χ2v) is 3.10. The van der Waals surface area contributed by atoms with E-state index in [0.29, 0.717) is 0 Å². The lowest BCUT2D eigenvalue weighted by molar-refractivity contribution is -0.135. The average Bonchev–Trinajstić information content (AvgIpc) is 2.09. The summed E-state index contributed by atoms with van der Waals surface area (Å²) in [5.41, 5.74) is 0. The van der Waals surface area contributed by atoms with Crippen molar-refractivity contribution in [3.8, 4) is 0 Å². The molecule has 0 saturated carbocycles. The fourth-order valence-electron chi connectivity index (χ4n) is 1.04. The van der Waals surface area contributed by atoms with Crippen molar-refractivity contribution in [2.45, 2.75) is 45.4 Å². The molecule has 0 aromatic carbocycles. The molecule has 0 spiro atoms. The summed E-state index contributed by atoms with van der Waals surface area (Å²) in [6, 6.07) is 0. The molecule has 3 nitrogen and oxygen atoms in total. The molecule has 13 heavy (non-hydrogen) atoms. The maximum atomic E-state index is 10.1. The van der Waals surface area contributed by atoms with Gasteiger partial charge in [0.25, 0.3) is 0 Å². The summed E-state index contributed by atoms with van der Waals surface area (Å²) < 4.78 is 0. The van der Waals surface area contributed by atoms with Gasteiger partial charge in [0.2, 0.25) is 0 Å². The first kappa shape index (κ1) is 12.1. The first-order valence-corrected chi connectivity index (χ1v) is 4.97. The van der Waals surface area contributed by atoms with Crippen molar-refractivity contribution in [2.24, 2.45) is 4.99 Å². The lowest BCUT2D eigenvalue weighted by Crippen LogP contribution is -1.94. The summed E-state index contributed by atoms with van der Waals surface area (Å²) in [5.74, 6) is -0.810. The van der Waals surface area contributed by atoms with Crippen LogP contribution in [0.25, 0.3) is 0 Å². The molecule has 0 amide bonds. The quantitative estimate of drug-likeness (QED) is 0.466. The van der Waals surface area contributed by atoms with Gasteiger partial charge in [0, 0.05) is 12.8 Å². The van der Waals surface area contributed by atoms with Crippen LogP contribution in [0.2, 0.25) is 0 Å². The minimum atomic E-state index is -0.810. The molecule has 0 atom stereocenters. The van der Waals surface area contributed by atoms with E-state index in [9.17, 15) is 4.79 Å². The molecular weight excluding hydrogens is 166 g/mol. The monoisotopic (exact) mass is 185 g/mol. The summed E-state index contributed by atoms with van der Waals surface area (Å²) in [6.07, 6.45) is 7.64. The van der Waals surface area contributed by atoms with Crippen molar-refractivity contribution in [3.63, 3.8) is 0 Å². The van der Waals surface area contributed by atoms with Crippen LogP contribution >= 0.6 is 0 Å². The van der Waals surface area contributed by atoms with E-state index in [-0.39, 0.29) is 6.42 Å². The Bertz CT molecular complexity index is 155. The van der Waals surface area contributed by atoms with Crippen LogP contribution in [0.3, 0.4) is 0 Å². The molecule has 0 unspecified atom stereocenters. The van der Waals surface area contributed by atoms with E-state index in [1.54, 1.807) is 0 Å². The minimum absolute atomic E-state index is 0.0506. The van der Waals surface area contributed by atoms with Crippen LogP contribution in [-0.2, 0) is 4.79 Å². The number of hydrogen-bond donors (Lipinski definition) is 1. The van der Waals surface area contributed by atoms with E-state index in [1.807, 2.05) is 0 Å². The van der Waals surface area contributed by atoms with Crippen LogP contribution in [0, 0.1) is 0 Å². The summed E-state index contributed by atoms with van der Waals surface area (Å²) in [5, 5.41) is 8.29. The van der Waals surface area contributed by atoms with Crippen LogP contribution in [0.1, 0.15) is 45.4 Å². The normalized spacial score (nSPS) is 10.8. The Hall–Kier alpha value is -0.860. The SMILES string of the molecule is CCCCCCCN=CCC(=O)O. The standard InChI is InChI=1S/C10H19NO2/c1-2-3-4-5-6-8-11-9-7-10(12)13/h9H,2-8H2,1H3,(H,12,13). The van der Waals surface area contributed by atoms with E-state index < -0.39 is 5.97 Å². The molecule has 0 heterocycles. The molecule has 76 valence electrons. The van der Waals surface area contributed by atoms with E-state index in [2.05, 4.69) is 11.9 Å². The van der Waals surface area contributed by atoms with Crippen molar-refractivity contribution in [2.75, 3.05) is 6.54 Å². The zero-order valence-corrected chi connectivity index (χ0v) is 8.33. The third kappa shape index (κ3) is 11.1. The maximum Gasteiger partial charge on any atom is 0.308 e. The second kappa shape index (κ2) is 9.23. The third-order valence-corrected chi connectivity index (χ3v) is 1.79. The molecule has 0 bridgehead atoms. The number of rotatable bonds is 8. The number of carboxylic acids is 1. The highest BCUT2D eigenvalue weighted by molar-refractivity contribution is 5.84. The molecule has 0 fully saturated rings. The van der Waals surface area contributed by atoms with Gasteiger partial charge in [-0.2, -0.15) is 0 Å². The van der Waals surface area contributed by atoms with Gasteiger partial charge in [0.15, 0.2) is 0 Å². The van der Waals surface area contributed by atoms with Crippen LogP contribution in [0.4, 0.5) is 0 Å². The van der Waals surface area contributed by atoms with Crippen LogP contribution in [0.5, 0.6) is 0 Å². The van der Waals surface area contributed by atoms with Crippen LogP contribution < -0.4 is 0 Å². The summed E-state index contributed by atoms with van der Waals surface area (Å²) in [7, 11) is 0. The number of aliphatic imine (C=N–C) groups is 1. The number of aliphatic carboxylic acids is 1. The zero-order valence-electron chi connectivity index (χ0n) is 8.33. The van der Waals surface area contributed by atoms with Gasteiger partial charge in [-0.05, 0) is 6.42 Å². The molecule has 0 aromatic heterocycles. The first-order valence-electron chi connectivity index (χ1n) is 4.97. The fourth-order valence-corrected chi connectivity index (χ4v) is 1.04. The molecule has 0 aliphatic carbocycles. The van der Waals surface area contributed by atoms with Crippen molar-refractivity contribution in [1.29, 1.82) is 0 Å². The Morgan fingerprint density at radius 3 is 2.62 bits per heavy atom. The zero-order chi connectivity index (χ0) is 9.94. The Labute approximate surface area is 79.9 Å². The van der Waals surface area contributed by atoms with Crippen LogP contribution in [-0.4, -0.2) is 23.8 Å². The number of carboxylic acid groups (broad SMARTS) is 1. The Morgan fingerprint density at radius 1 is 1.31 bits per heavy atom. The molecule has 0 aliphatic rings. The van der Waals surface area contributed by atoms with Crippen LogP contribution in [0.15, 0.2) is 4.99 Å². The van der Waals surface area contributed by atoms with E-state index in [4.69, 9.17) is 5.11 Å². The smallest absolute Gasteiger partial charge is 0.308 e. The van der Waals surface area contributed by atoms with Gasteiger partial charge in [0.1, 0.15) is 0 Å². The van der Waals surface area contributed by atoms with E-state index in [1.165, 1.54) is 31.9 Å². The van der Waals surface area contributed by atoms with Gasteiger partial charge >= 0.3 is 5.97 Å². The largest absolute Gasteiger partial charge is 0.481 e. The molecule has 0 radical (unpaired) electrons. The highest BCUT2D eigenvalue weighted by Crippen LogP contribution is 2.01. The Kier molecular flexibility index (Phi) is 8.62. The van der Waals surface area contributed by atoms with Gasteiger partial charge in [-0.15, -0.1) is 0 Å². The number of carbonyl (C=O) groups is 1. The first-order chi connectivity index (χ1) is 6.27. The van der Waals surface area contributed by atoms with Gasteiger partial charge in [-0.3, -0.25) is 9.79 Å². The molecule has 0 aliphatic heterocycles. The molecule has 1 N–H and O–H groups in total. The predicted octanol–water partition coefficient (Wildman–Crippen LogP) is 2.50. The number of nitrogens with zero attached hydrogens (tertiary/aromatic N) is 1. The minimum Gasteiger partial charge on any atom is -0.481 e. The number of hydrogen-bond acceptors (Lipinski definition) is 2. The Balaban J connectivity index is 3.06. The Morgan fingerprint density at radius 2 is 2.00 bits per heavy atom. The predicted molar refractivity (Wildman–Crippen MR) is 54.4 cm³/mol. The third-order valence-electron chi connectivity index (χ3n) is 1.79. The summed E-state index contributed by atoms with van der Waals surface area (Å²) >= 11 is 0. The highest BCUT2D eigenvalue weighted by atomic mass is 16.4. The topological polar surface area (TPSA) is 49.7 Å². The van der Waals surface area contributed by atoms with Gasteiger partial charge in [-0.25, -0.2) is 0 Å². The maximum absolute atomic E-state index is 10.1. The van der Waals surface area contributed by atoms with Crippen molar-refractivity contribution in [1.82, 2.24) is 0 Å². The molecule has 0 aromatic rings. The van der Waals surface area contributed by atoms with Gasteiger partial charge in [-0.1, -0.05) is 32.6 Å². The molecule has 0 saturated heterocycles. The van der Waals surface area contributed by atoms with Gasteiger partial charge < -0.3 is 5.11 Å². The van der Waals surface area contributed by atoms with E-state index >= 15 is 0 Å². The van der Waals surface area contributed by atoms with Gasteiger partial charge in [0.05, 0.1) is 6.42 Å². The van der Waals surface area contributed by atoms with Crippen molar-refractivity contribution >= 4 is 12.2 Å². The lowest BCUT2D eigenvalue weighted by atomic mass is 10.2. The summed E-state index contributed by atoms with van der Waals surface area (Å²) in [6.45, 7) is 2.96. The van der Waals surface area contributed by atoms with Crippen molar-refractivity contribution in [3.05, 3.63) is 0 Å². The molecule has 3 heteroatoms.